The molecule has 0 saturated heterocycles. The van der Waals surface area contributed by atoms with Crippen molar-refractivity contribution in [1.82, 2.24) is 5.06 Å². The van der Waals surface area contributed by atoms with Crippen molar-refractivity contribution in [3.05, 3.63) is 27.7 Å². The molecule has 0 spiro atoms. The molecule has 1 rings (SSSR count). The third-order valence-electron chi connectivity index (χ3n) is 2.44. The van der Waals surface area contributed by atoms with E-state index in [0.717, 1.165) is 30.8 Å². The summed E-state index contributed by atoms with van der Waals surface area (Å²) in [5.74, 6) is 0.792. The second kappa shape index (κ2) is 6.33. The Kier molecular flexibility index (Phi) is 5.39. The lowest BCUT2D eigenvalue weighted by Gasteiger charge is -2.21. The molecule has 0 heterocycles. The first kappa shape index (κ1) is 13.6. The molecule has 0 atom stereocenters. The minimum absolute atomic E-state index is 0.574. The maximum atomic E-state index is 6.14. The molecule has 1 aromatic rings. The van der Waals surface area contributed by atoms with E-state index >= 15 is 0 Å². The Morgan fingerprint density at radius 3 is 2.25 bits per heavy atom. The average Bonchev–Trinajstić information content (AvgIpc) is 2.30. The van der Waals surface area contributed by atoms with E-state index < -0.39 is 0 Å². The van der Waals surface area contributed by atoms with E-state index in [1.54, 1.807) is 6.07 Å². The van der Waals surface area contributed by atoms with Crippen molar-refractivity contribution < 1.29 is 4.84 Å². The fourth-order valence-electron chi connectivity index (χ4n) is 1.48. The van der Waals surface area contributed by atoms with Crippen LogP contribution >= 0.6 is 23.2 Å². The van der Waals surface area contributed by atoms with Crippen LogP contribution in [0.2, 0.25) is 10.0 Å². The fraction of sp³-hybridized carbons (Fsp3) is 0.500. The van der Waals surface area contributed by atoms with Crippen LogP contribution in [0.1, 0.15) is 26.3 Å². The summed E-state index contributed by atoms with van der Waals surface area (Å²) in [4.78, 5) is 5.76. The van der Waals surface area contributed by atoms with Crippen LogP contribution in [-0.2, 0) is 6.42 Å². The van der Waals surface area contributed by atoms with Crippen LogP contribution < -0.4 is 4.84 Å². The van der Waals surface area contributed by atoms with Crippen molar-refractivity contribution in [3.63, 3.8) is 0 Å². The first-order valence-electron chi connectivity index (χ1n) is 5.53. The summed E-state index contributed by atoms with van der Waals surface area (Å²) in [5, 5.41) is 3.04. The Balaban J connectivity index is 3.00. The van der Waals surface area contributed by atoms with Crippen LogP contribution in [0, 0.1) is 0 Å². The van der Waals surface area contributed by atoms with E-state index in [1.165, 1.54) is 0 Å². The molecule has 0 aromatic heterocycles. The minimum atomic E-state index is 0.574. The van der Waals surface area contributed by atoms with Crippen LogP contribution in [0.3, 0.4) is 0 Å². The van der Waals surface area contributed by atoms with Crippen molar-refractivity contribution in [1.29, 1.82) is 0 Å². The summed E-state index contributed by atoms with van der Waals surface area (Å²) >= 11 is 12.1. The topological polar surface area (TPSA) is 12.5 Å². The molecule has 90 valence electrons. The number of hydrogen-bond acceptors (Lipinski definition) is 2. The van der Waals surface area contributed by atoms with Crippen molar-refractivity contribution in [2.45, 2.75) is 27.2 Å². The van der Waals surface area contributed by atoms with Gasteiger partial charge in [-0.3, -0.25) is 0 Å². The molecule has 0 bridgehead atoms. The average molecular weight is 262 g/mol. The number of benzene rings is 1. The second-order valence-electron chi connectivity index (χ2n) is 3.40. The van der Waals surface area contributed by atoms with E-state index in [-0.39, 0.29) is 0 Å². The number of halogens is 2. The lowest BCUT2D eigenvalue weighted by molar-refractivity contribution is -0.0494. The highest BCUT2D eigenvalue weighted by Gasteiger charge is 2.12. The van der Waals surface area contributed by atoms with Crippen LogP contribution in [0.25, 0.3) is 0 Å². The first-order valence-corrected chi connectivity index (χ1v) is 6.29. The molecule has 0 unspecified atom stereocenters. The quantitative estimate of drug-likeness (QED) is 0.737. The lowest BCUT2D eigenvalue weighted by atomic mass is 10.1. The van der Waals surface area contributed by atoms with Gasteiger partial charge in [0, 0.05) is 18.7 Å². The molecular formula is C12H17Cl2NO. The van der Waals surface area contributed by atoms with E-state index in [2.05, 4.69) is 0 Å². The fourth-order valence-corrected chi connectivity index (χ4v) is 1.95. The van der Waals surface area contributed by atoms with Gasteiger partial charge in [0.25, 0.3) is 0 Å². The summed E-state index contributed by atoms with van der Waals surface area (Å²) in [6.07, 6.45) is 0.802. The molecule has 1 aromatic carbocycles. The maximum Gasteiger partial charge on any atom is 0.152 e. The van der Waals surface area contributed by atoms with Gasteiger partial charge in [0.1, 0.15) is 0 Å². The largest absolute Gasteiger partial charge is 0.406 e. The van der Waals surface area contributed by atoms with Gasteiger partial charge in [-0.2, -0.15) is 0 Å². The second-order valence-corrected chi connectivity index (χ2v) is 4.18. The van der Waals surface area contributed by atoms with Gasteiger partial charge in [-0.1, -0.05) is 30.1 Å². The normalized spacial score (nSPS) is 10.9. The third-order valence-corrected chi connectivity index (χ3v) is 3.28. The van der Waals surface area contributed by atoms with Crippen LogP contribution in [0.15, 0.2) is 12.1 Å². The maximum absolute atomic E-state index is 6.14. The number of rotatable bonds is 5. The van der Waals surface area contributed by atoms with Crippen LogP contribution in [0.5, 0.6) is 5.75 Å². The van der Waals surface area contributed by atoms with Gasteiger partial charge in [0.2, 0.25) is 0 Å². The molecule has 0 aliphatic rings. The Morgan fingerprint density at radius 1 is 1.12 bits per heavy atom. The number of nitrogens with zero attached hydrogens (tertiary/aromatic N) is 1. The zero-order valence-corrected chi connectivity index (χ0v) is 11.4. The molecule has 0 radical (unpaired) electrons. The third kappa shape index (κ3) is 3.03. The van der Waals surface area contributed by atoms with Gasteiger partial charge in [0.15, 0.2) is 5.75 Å². The van der Waals surface area contributed by atoms with Gasteiger partial charge in [-0.05, 0) is 32.4 Å². The molecule has 4 heteroatoms. The standard InChI is InChI=1S/C12H17Cl2NO/c1-4-9-11(16-15(5-2)6-3)8-7-10(13)12(9)14/h7-8H,4-6H2,1-3H3. The summed E-state index contributed by atoms with van der Waals surface area (Å²) in [5.41, 5.74) is 0.959. The molecule has 0 aliphatic heterocycles. The molecule has 0 aliphatic carbocycles. The van der Waals surface area contributed by atoms with Crippen molar-refractivity contribution in [3.8, 4) is 5.75 Å². The smallest absolute Gasteiger partial charge is 0.152 e. The van der Waals surface area contributed by atoms with Crippen LogP contribution in [-0.4, -0.2) is 18.2 Å². The molecule has 0 fully saturated rings. The van der Waals surface area contributed by atoms with Crippen LogP contribution in [0.4, 0.5) is 0 Å². The highest BCUT2D eigenvalue weighted by molar-refractivity contribution is 6.42. The SMILES string of the molecule is CCc1c(ON(CC)CC)ccc(Cl)c1Cl. The van der Waals surface area contributed by atoms with Gasteiger partial charge >= 0.3 is 0 Å². The molecule has 16 heavy (non-hydrogen) atoms. The Bertz CT molecular complexity index is 351. The molecular weight excluding hydrogens is 245 g/mol. The lowest BCUT2D eigenvalue weighted by Crippen LogP contribution is -2.27. The van der Waals surface area contributed by atoms with Gasteiger partial charge in [-0.15, -0.1) is 5.06 Å². The Morgan fingerprint density at radius 2 is 1.75 bits per heavy atom. The highest BCUT2D eigenvalue weighted by Crippen LogP contribution is 2.33. The molecule has 0 saturated carbocycles. The van der Waals surface area contributed by atoms with Crippen molar-refractivity contribution >= 4 is 23.2 Å². The summed E-state index contributed by atoms with van der Waals surface area (Å²) < 4.78 is 0. The Labute approximate surface area is 107 Å². The van der Waals surface area contributed by atoms with Gasteiger partial charge < -0.3 is 4.84 Å². The number of hydroxylamine groups is 2. The van der Waals surface area contributed by atoms with Crippen molar-refractivity contribution in [2.75, 3.05) is 13.1 Å². The summed E-state index contributed by atoms with van der Waals surface area (Å²) in [6, 6.07) is 3.63. The molecule has 2 nitrogen and oxygen atoms in total. The first-order chi connectivity index (χ1) is 7.63. The zero-order chi connectivity index (χ0) is 12.1. The summed E-state index contributed by atoms with van der Waals surface area (Å²) in [7, 11) is 0. The molecule has 0 N–H and O–H groups in total. The van der Waals surface area contributed by atoms with Gasteiger partial charge in [0.05, 0.1) is 10.0 Å². The molecule has 0 amide bonds. The van der Waals surface area contributed by atoms with Gasteiger partial charge in [-0.25, -0.2) is 0 Å². The van der Waals surface area contributed by atoms with E-state index in [9.17, 15) is 0 Å². The Hall–Kier alpha value is -0.440. The predicted octanol–water partition coefficient (Wildman–Crippen LogP) is 4.19. The summed E-state index contributed by atoms with van der Waals surface area (Å²) in [6.45, 7) is 7.80. The monoisotopic (exact) mass is 261 g/mol. The van der Waals surface area contributed by atoms with E-state index in [4.69, 9.17) is 28.0 Å². The minimum Gasteiger partial charge on any atom is -0.406 e. The highest BCUT2D eigenvalue weighted by atomic mass is 35.5. The van der Waals surface area contributed by atoms with Crippen molar-refractivity contribution in [2.24, 2.45) is 0 Å². The zero-order valence-electron chi connectivity index (χ0n) is 9.89. The van der Waals surface area contributed by atoms with E-state index in [0.29, 0.717) is 10.0 Å². The van der Waals surface area contributed by atoms with E-state index in [1.807, 2.05) is 31.9 Å². The number of hydrogen-bond donors (Lipinski definition) is 0. The predicted molar refractivity (Wildman–Crippen MR) is 69.4 cm³/mol.